The number of benzene rings is 1. The van der Waals surface area contributed by atoms with Crippen LogP contribution in [0.2, 0.25) is 0 Å². The Labute approximate surface area is 136 Å². The van der Waals surface area contributed by atoms with Gasteiger partial charge in [0.25, 0.3) is 5.91 Å². The number of rotatable bonds is 4. The molecule has 1 fully saturated rings. The van der Waals surface area contributed by atoms with E-state index in [4.69, 9.17) is 0 Å². The maximum Gasteiger partial charge on any atom is 0.267 e. The molecule has 0 spiro atoms. The second kappa shape index (κ2) is 6.07. The van der Waals surface area contributed by atoms with Crippen LogP contribution in [0, 0.1) is 13.8 Å². The fraction of sp³-hybridized carbons (Fsp3) is 0.444. The van der Waals surface area contributed by atoms with Gasteiger partial charge in [-0.25, -0.2) is 0 Å². The van der Waals surface area contributed by atoms with E-state index in [0.717, 1.165) is 29.4 Å². The topological polar surface area (TPSA) is 65.2 Å². The summed E-state index contributed by atoms with van der Waals surface area (Å²) in [5, 5.41) is 4.05. The second-order valence-corrected chi connectivity index (χ2v) is 6.54. The first-order valence-electron chi connectivity index (χ1n) is 8.12. The summed E-state index contributed by atoms with van der Waals surface area (Å²) < 4.78 is 0. The number of carbonyl (C=O) groups is 2. The third kappa shape index (κ3) is 3.23. The number of likely N-dealkylation sites (tertiary alicyclic amines) is 1. The molecule has 5 nitrogen and oxygen atoms in total. The van der Waals surface area contributed by atoms with Crippen LogP contribution in [0.3, 0.4) is 0 Å². The lowest BCUT2D eigenvalue weighted by Gasteiger charge is -2.21. The smallest absolute Gasteiger partial charge is 0.267 e. The van der Waals surface area contributed by atoms with Crippen LogP contribution in [0.25, 0.3) is 10.9 Å². The lowest BCUT2D eigenvalue weighted by molar-refractivity contribution is -0.127. The van der Waals surface area contributed by atoms with Crippen molar-refractivity contribution in [3.05, 3.63) is 35.0 Å². The fourth-order valence-electron chi connectivity index (χ4n) is 3.30. The van der Waals surface area contributed by atoms with Gasteiger partial charge in [-0.2, -0.15) is 0 Å². The summed E-state index contributed by atoms with van der Waals surface area (Å²) in [4.78, 5) is 29.1. The number of amides is 2. The van der Waals surface area contributed by atoms with E-state index < -0.39 is 0 Å². The number of hydrogen-bond acceptors (Lipinski definition) is 2. The molecule has 2 heterocycles. The van der Waals surface area contributed by atoms with Crippen LogP contribution >= 0.6 is 0 Å². The summed E-state index contributed by atoms with van der Waals surface area (Å²) in [6, 6.07) is 5.98. The van der Waals surface area contributed by atoms with Crippen LogP contribution in [0.5, 0.6) is 0 Å². The lowest BCUT2D eigenvalue weighted by atomic mass is 10.1. The zero-order chi connectivity index (χ0) is 16.6. The minimum Gasteiger partial charge on any atom is -0.351 e. The summed E-state index contributed by atoms with van der Waals surface area (Å²) in [6.07, 6.45) is 1.54. The fourth-order valence-corrected chi connectivity index (χ4v) is 3.30. The summed E-state index contributed by atoms with van der Waals surface area (Å²) in [7, 11) is 0. The van der Waals surface area contributed by atoms with Gasteiger partial charge < -0.3 is 15.2 Å². The van der Waals surface area contributed by atoms with Gasteiger partial charge >= 0.3 is 0 Å². The SMILES string of the molecule is Cc1cc(C)c2cc(C(=O)NC(C)CN3CCCC3=O)[nH]c2c1. The molecule has 23 heavy (non-hydrogen) atoms. The molecular weight excluding hydrogens is 290 g/mol. The normalized spacial score (nSPS) is 16.1. The predicted octanol–water partition coefficient (Wildman–Crippen LogP) is 2.53. The quantitative estimate of drug-likeness (QED) is 0.911. The second-order valence-electron chi connectivity index (χ2n) is 6.54. The molecule has 1 saturated heterocycles. The monoisotopic (exact) mass is 313 g/mol. The Hall–Kier alpha value is -2.30. The van der Waals surface area contributed by atoms with E-state index in [1.807, 2.05) is 37.8 Å². The number of H-pyrrole nitrogens is 1. The number of nitrogens with one attached hydrogen (secondary N) is 2. The minimum absolute atomic E-state index is 0.0706. The summed E-state index contributed by atoms with van der Waals surface area (Å²) in [5.41, 5.74) is 3.87. The van der Waals surface area contributed by atoms with Gasteiger partial charge in [-0.15, -0.1) is 0 Å². The van der Waals surface area contributed by atoms with Gasteiger partial charge in [-0.1, -0.05) is 6.07 Å². The van der Waals surface area contributed by atoms with E-state index in [2.05, 4.69) is 16.4 Å². The molecule has 0 bridgehead atoms. The zero-order valence-electron chi connectivity index (χ0n) is 13.9. The molecule has 5 heteroatoms. The first-order valence-corrected chi connectivity index (χ1v) is 8.12. The van der Waals surface area contributed by atoms with Crippen LogP contribution in [0.4, 0.5) is 0 Å². The van der Waals surface area contributed by atoms with Gasteiger partial charge in [-0.3, -0.25) is 9.59 Å². The Balaban J connectivity index is 1.70. The van der Waals surface area contributed by atoms with Crippen molar-refractivity contribution < 1.29 is 9.59 Å². The molecule has 0 saturated carbocycles. The number of carbonyl (C=O) groups excluding carboxylic acids is 2. The zero-order valence-corrected chi connectivity index (χ0v) is 13.9. The van der Waals surface area contributed by atoms with Gasteiger partial charge in [-0.05, 0) is 50.5 Å². The molecule has 1 aromatic heterocycles. The molecule has 2 N–H and O–H groups in total. The maximum atomic E-state index is 12.4. The molecule has 3 rings (SSSR count). The number of hydrogen-bond donors (Lipinski definition) is 2. The van der Waals surface area contributed by atoms with E-state index in [9.17, 15) is 9.59 Å². The first kappa shape index (κ1) is 15.6. The van der Waals surface area contributed by atoms with Crippen LogP contribution in [-0.2, 0) is 4.79 Å². The lowest BCUT2D eigenvalue weighted by Crippen LogP contribution is -2.42. The maximum absolute atomic E-state index is 12.4. The molecule has 1 unspecified atom stereocenters. The number of aromatic amines is 1. The number of fused-ring (bicyclic) bond motifs is 1. The minimum atomic E-state index is -0.127. The van der Waals surface area contributed by atoms with Crippen molar-refractivity contribution in [1.82, 2.24) is 15.2 Å². The van der Waals surface area contributed by atoms with E-state index in [1.165, 1.54) is 5.56 Å². The molecule has 0 aliphatic carbocycles. The molecule has 0 radical (unpaired) electrons. The van der Waals surface area contributed by atoms with Crippen LogP contribution in [0.15, 0.2) is 18.2 Å². The highest BCUT2D eigenvalue weighted by atomic mass is 16.2. The molecule has 1 aliphatic heterocycles. The highest BCUT2D eigenvalue weighted by Gasteiger charge is 2.23. The van der Waals surface area contributed by atoms with Gasteiger partial charge in [0.15, 0.2) is 0 Å². The Bertz CT molecular complexity index is 763. The van der Waals surface area contributed by atoms with Crippen molar-refractivity contribution >= 4 is 22.7 Å². The van der Waals surface area contributed by atoms with Gasteiger partial charge in [0, 0.05) is 36.5 Å². The van der Waals surface area contributed by atoms with E-state index in [1.54, 1.807) is 0 Å². The van der Waals surface area contributed by atoms with Gasteiger partial charge in [0.2, 0.25) is 5.91 Å². The highest BCUT2D eigenvalue weighted by Crippen LogP contribution is 2.21. The van der Waals surface area contributed by atoms with E-state index in [0.29, 0.717) is 18.7 Å². The average Bonchev–Trinajstić information content (AvgIpc) is 3.06. The van der Waals surface area contributed by atoms with Crippen molar-refractivity contribution in [2.24, 2.45) is 0 Å². The van der Waals surface area contributed by atoms with Crippen LogP contribution in [0.1, 0.15) is 41.4 Å². The Kier molecular flexibility index (Phi) is 4.11. The molecule has 2 aromatic rings. The van der Waals surface area contributed by atoms with Crippen molar-refractivity contribution in [3.63, 3.8) is 0 Å². The number of aromatic nitrogens is 1. The Morgan fingerprint density at radius 1 is 1.35 bits per heavy atom. The molecule has 122 valence electrons. The highest BCUT2D eigenvalue weighted by molar-refractivity contribution is 5.99. The standard InChI is InChI=1S/C18H23N3O2/c1-11-7-12(2)14-9-16(20-15(14)8-11)18(23)19-13(3)10-21-6-4-5-17(21)22/h7-9,13,20H,4-6,10H2,1-3H3,(H,19,23). The van der Waals surface area contributed by atoms with Crippen LogP contribution in [-0.4, -0.2) is 40.8 Å². The summed E-state index contributed by atoms with van der Waals surface area (Å²) in [5.74, 6) is 0.0558. The number of nitrogens with zero attached hydrogens (tertiary/aromatic N) is 1. The average molecular weight is 313 g/mol. The van der Waals surface area contributed by atoms with E-state index in [-0.39, 0.29) is 17.9 Å². The summed E-state index contributed by atoms with van der Waals surface area (Å²) >= 11 is 0. The third-order valence-electron chi connectivity index (χ3n) is 4.38. The van der Waals surface area contributed by atoms with Crippen molar-refractivity contribution in [2.75, 3.05) is 13.1 Å². The van der Waals surface area contributed by atoms with Crippen LogP contribution < -0.4 is 5.32 Å². The largest absolute Gasteiger partial charge is 0.351 e. The van der Waals surface area contributed by atoms with Crippen molar-refractivity contribution in [1.29, 1.82) is 0 Å². The van der Waals surface area contributed by atoms with Gasteiger partial charge in [0.1, 0.15) is 5.69 Å². The van der Waals surface area contributed by atoms with Crippen molar-refractivity contribution in [3.8, 4) is 0 Å². The number of aryl methyl sites for hydroxylation is 2. The summed E-state index contributed by atoms with van der Waals surface area (Å²) in [6.45, 7) is 7.39. The molecule has 1 aliphatic rings. The molecule has 1 aromatic carbocycles. The predicted molar refractivity (Wildman–Crippen MR) is 90.5 cm³/mol. The molecular formula is C18H23N3O2. The molecule has 2 amide bonds. The molecule has 1 atom stereocenters. The van der Waals surface area contributed by atoms with Crippen molar-refractivity contribution in [2.45, 2.75) is 39.7 Å². The van der Waals surface area contributed by atoms with Gasteiger partial charge in [0.05, 0.1) is 0 Å². The third-order valence-corrected chi connectivity index (χ3v) is 4.38. The van der Waals surface area contributed by atoms with E-state index >= 15 is 0 Å². The Morgan fingerprint density at radius 2 is 2.13 bits per heavy atom. The Morgan fingerprint density at radius 3 is 2.83 bits per heavy atom. The first-order chi connectivity index (χ1) is 10.9.